The molecule has 5 nitrogen and oxygen atoms in total. The van der Waals surface area contributed by atoms with Gasteiger partial charge in [0.2, 0.25) is 10.0 Å². The molecule has 0 radical (unpaired) electrons. The molecule has 1 saturated heterocycles. The molecule has 1 aliphatic heterocycles. The largest absolute Gasteiger partial charge is 0.338 e. The number of sulfonamides is 1. The van der Waals surface area contributed by atoms with Gasteiger partial charge in [-0.1, -0.05) is 25.5 Å². The van der Waals surface area contributed by atoms with Crippen LogP contribution in [0, 0.1) is 0 Å². The predicted octanol–water partition coefficient (Wildman–Crippen LogP) is 3.97. The van der Waals surface area contributed by atoms with Gasteiger partial charge in [0.05, 0.1) is 4.90 Å². The van der Waals surface area contributed by atoms with E-state index in [-0.39, 0.29) is 17.3 Å². The summed E-state index contributed by atoms with van der Waals surface area (Å²) in [5, 5.41) is 2.37. The van der Waals surface area contributed by atoms with Crippen LogP contribution in [-0.2, 0) is 16.6 Å². The number of thioether (sulfide) groups is 1. The molecule has 8 heteroatoms. The lowest BCUT2D eigenvalue weighted by atomic mass is 10.2. The van der Waals surface area contributed by atoms with Crippen molar-refractivity contribution in [3.63, 3.8) is 0 Å². The molecule has 152 valence electrons. The third-order valence-electron chi connectivity index (χ3n) is 4.73. The first kappa shape index (κ1) is 21.4. The van der Waals surface area contributed by atoms with Crippen LogP contribution in [0.1, 0.15) is 41.4 Å². The van der Waals surface area contributed by atoms with Crippen LogP contribution in [0.2, 0.25) is 0 Å². The van der Waals surface area contributed by atoms with Gasteiger partial charge in [0.15, 0.2) is 0 Å². The van der Waals surface area contributed by atoms with Crippen molar-refractivity contribution in [2.45, 2.75) is 42.9 Å². The fourth-order valence-corrected chi connectivity index (χ4v) is 6.18. The van der Waals surface area contributed by atoms with Crippen molar-refractivity contribution < 1.29 is 13.2 Å². The number of nitrogens with zero attached hydrogens (tertiary/aromatic N) is 1. The molecule has 1 atom stereocenters. The van der Waals surface area contributed by atoms with Crippen LogP contribution in [0.15, 0.2) is 46.7 Å². The maximum absolute atomic E-state index is 13.0. The van der Waals surface area contributed by atoms with Gasteiger partial charge < -0.3 is 4.90 Å². The summed E-state index contributed by atoms with van der Waals surface area (Å²) >= 11 is 3.40. The summed E-state index contributed by atoms with van der Waals surface area (Å²) in [5.41, 5.74) is 0.432. The summed E-state index contributed by atoms with van der Waals surface area (Å²) in [6.45, 7) is 3.84. The predicted molar refractivity (Wildman–Crippen MR) is 116 cm³/mol. The number of nitrogens with one attached hydrogen (secondary N) is 1. The Balaban J connectivity index is 1.73. The quantitative estimate of drug-likeness (QED) is 0.710. The Morgan fingerprint density at radius 3 is 2.89 bits per heavy atom. The molecule has 0 saturated carbocycles. The van der Waals surface area contributed by atoms with Crippen molar-refractivity contribution in [2.75, 3.05) is 18.8 Å². The first-order chi connectivity index (χ1) is 13.5. The third-order valence-corrected chi connectivity index (χ3v) is 8.19. The lowest BCUT2D eigenvalue weighted by molar-refractivity contribution is 0.0763. The van der Waals surface area contributed by atoms with Crippen molar-refractivity contribution in [3.05, 3.63) is 52.2 Å². The second-order valence-corrected chi connectivity index (χ2v) is 11.1. The zero-order chi connectivity index (χ0) is 20.0. The number of thiophene rings is 1. The van der Waals surface area contributed by atoms with Gasteiger partial charge in [0.1, 0.15) is 0 Å². The van der Waals surface area contributed by atoms with E-state index in [9.17, 15) is 13.2 Å². The Kier molecular flexibility index (Phi) is 7.56. The van der Waals surface area contributed by atoms with Gasteiger partial charge in [-0.25, -0.2) is 13.1 Å². The Morgan fingerprint density at radius 2 is 2.14 bits per heavy atom. The number of amides is 1. The molecule has 1 N–H and O–H groups in total. The molecule has 2 aromatic rings. The molecule has 2 heterocycles. The fraction of sp³-hybridized carbons (Fsp3) is 0.450. The van der Waals surface area contributed by atoms with Crippen molar-refractivity contribution in [1.29, 1.82) is 0 Å². The van der Waals surface area contributed by atoms with E-state index in [1.165, 1.54) is 23.5 Å². The molecule has 1 aromatic carbocycles. The Labute approximate surface area is 175 Å². The van der Waals surface area contributed by atoms with Crippen molar-refractivity contribution >= 4 is 39.0 Å². The first-order valence-corrected chi connectivity index (χ1v) is 12.9. The molecule has 28 heavy (non-hydrogen) atoms. The highest BCUT2D eigenvalue weighted by atomic mass is 32.2. The van der Waals surface area contributed by atoms with Crippen LogP contribution in [-0.4, -0.2) is 43.3 Å². The zero-order valence-electron chi connectivity index (χ0n) is 16.0. The molecule has 0 spiro atoms. The fourth-order valence-electron chi connectivity index (χ4n) is 3.30. The highest BCUT2D eigenvalue weighted by molar-refractivity contribution is 7.99. The number of hydrogen-bond acceptors (Lipinski definition) is 5. The standard InChI is InChI=1S/C20H26N2O3S3/c1-2-26-18-8-3-4-11-22(15-18)20(23)16-7-5-10-19(13-16)28(24,25)21-14-17-9-6-12-27-17/h5-7,9-10,12-13,18,21H,2-4,8,11,14-15H2,1H3. The Hall–Kier alpha value is -1.35. The number of hydrogen-bond donors (Lipinski definition) is 1. The minimum absolute atomic E-state index is 0.0843. The van der Waals surface area contributed by atoms with Gasteiger partial charge >= 0.3 is 0 Å². The summed E-state index contributed by atoms with van der Waals surface area (Å²) < 4.78 is 27.9. The van der Waals surface area contributed by atoms with Crippen LogP contribution >= 0.6 is 23.1 Å². The summed E-state index contributed by atoms with van der Waals surface area (Å²) in [6.07, 6.45) is 3.25. The molecular formula is C20H26N2O3S3. The molecule has 1 aromatic heterocycles. The van der Waals surface area contributed by atoms with Crippen molar-refractivity contribution in [3.8, 4) is 0 Å². The van der Waals surface area contributed by atoms with Gasteiger partial charge in [-0.3, -0.25) is 4.79 Å². The van der Waals surface area contributed by atoms with E-state index in [0.717, 1.165) is 43.0 Å². The number of likely N-dealkylation sites (tertiary alicyclic amines) is 1. The molecule has 1 amide bonds. The highest BCUT2D eigenvalue weighted by Crippen LogP contribution is 2.23. The molecular weight excluding hydrogens is 412 g/mol. The minimum Gasteiger partial charge on any atom is -0.338 e. The minimum atomic E-state index is -3.67. The Morgan fingerprint density at radius 1 is 1.29 bits per heavy atom. The normalized spacial score (nSPS) is 18.0. The van der Waals surface area contributed by atoms with E-state index in [2.05, 4.69) is 11.6 Å². The van der Waals surface area contributed by atoms with Crippen LogP contribution in [0.5, 0.6) is 0 Å². The Bertz CT molecular complexity index is 882. The highest BCUT2D eigenvalue weighted by Gasteiger charge is 2.24. The number of carbonyl (C=O) groups excluding carboxylic acids is 1. The maximum Gasteiger partial charge on any atom is 0.253 e. The summed E-state index contributed by atoms with van der Waals surface area (Å²) in [5.74, 6) is 0.954. The van der Waals surface area contributed by atoms with E-state index in [0.29, 0.717) is 10.8 Å². The van der Waals surface area contributed by atoms with E-state index in [1.807, 2.05) is 34.2 Å². The van der Waals surface area contributed by atoms with E-state index >= 15 is 0 Å². The molecule has 1 unspecified atom stereocenters. The van der Waals surface area contributed by atoms with E-state index in [1.54, 1.807) is 12.1 Å². The molecule has 0 bridgehead atoms. The monoisotopic (exact) mass is 438 g/mol. The van der Waals surface area contributed by atoms with Gasteiger partial charge in [-0.2, -0.15) is 11.8 Å². The third kappa shape index (κ3) is 5.59. The molecule has 1 fully saturated rings. The second-order valence-electron chi connectivity index (χ2n) is 6.76. The zero-order valence-corrected chi connectivity index (χ0v) is 18.4. The molecule has 1 aliphatic rings. The van der Waals surface area contributed by atoms with Crippen LogP contribution in [0.25, 0.3) is 0 Å². The molecule has 0 aliphatic carbocycles. The SMILES string of the molecule is CCSC1CCCCN(C(=O)c2cccc(S(=O)(=O)NCc3cccs3)c2)C1. The summed E-state index contributed by atoms with van der Waals surface area (Å²) in [7, 11) is -3.67. The van der Waals surface area contributed by atoms with E-state index < -0.39 is 10.0 Å². The molecule has 3 rings (SSSR count). The lowest BCUT2D eigenvalue weighted by Crippen LogP contribution is -2.35. The van der Waals surface area contributed by atoms with Crippen LogP contribution < -0.4 is 4.72 Å². The van der Waals surface area contributed by atoms with Crippen LogP contribution in [0.3, 0.4) is 0 Å². The van der Waals surface area contributed by atoms with E-state index in [4.69, 9.17) is 0 Å². The van der Waals surface area contributed by atoms with Gasteiger partial charge in [-0.05, 0) is 48.2 Å². The van der Waals surface area contributed by atoms with Crippen LogP contribution in [0.4, 0.5) is 0 Å². The van der Waals surface area contributed by atoms with Gasteiger partial charge in [0, 0.05) is 35.3 Å². The average Bonchev–Trinajstić information content (AvgIpc) is 3.11. The van der Waals surface area contributed by atoms with Crippen molar-refractivity contribution in [1.82, 2.24) is 9.62 Å². The summed E-state index contributed by atoms with van der Waals surface area (Å²) in [4.78, 5) is 16.0. The topological polar surface area (TPSA) is 66.5 Å². The number of rotatable bonds is 7. The maximum atomic E-state index is 13.0. The van der Waals surface area contributed by atoms with Gasteiger partial charge in [0.25, 0.3) is 5.91 Å². The summed E-state index contributed by atoms with van der Waals surface area (Å²) in [6, 6.07) is 10.1. The number of benzene rings is 1. The smallest absolute Gasteiger partial charge is 0.253 e. The number of carbonyl (C=O) groups is 1. The van der Waals surface area contributed by atoms with Gasteiger partial charge in [-0.15, -0.1) is 11.3 Å². The van der Waals surface area contributed by atoms with Crippen molar-refractivity contribution in [2.24, 2.45) is 0 Å². The first-order valence-electron chi connectivity index (χ1n) is 9.52. The second kappa shape index (κ2) is 9.91. The average molecular weight is 439 g/mol. The lowest BCUT2D eigenvalue weighted by Gasteiger charge is -2.24.